The van der Waals surface area contributed by atoms with Gasteiger partial charge in [0.2, 0.25) is 0 Å². The Morgan fingerprint density at radius 1 is 0.857 bits per heavy atom. The number of fused-ring (bicyclic) bond motifs is 1. The van der Waals surface area contributed by atoms with E-state index in [0.717, 1.165) is 43.3 Å². The minimum atomic E-state index is 0.437. The van der Waals surface area contributed by atoms with Gasteiger partial charge >= 0.3 is 0 Å². The molecule has 0 saturated carbocycles. The maximum absolute atomic E-state index is 6.19. The van der Waals surface area contributed by atoms with Crippen LogP contribution in [0.2, 0.25) is 5.02 Å². The van der Waals surface area contributed by atoms with Crippen LogP contribution in [0.15, 0.2) is 36.4 Å². The summed E-state index contributed by atoms with van der Waals surface area (Å²) in [5.41, 5.74) is 2.48. The van der Waals surface area contributed by atoms with E-state index in [1.807, 2.05) is 18.2 Å². The molecule has 2 saturated heterocycles. The highest BCUT2D eigenvalue weighted by Crippen LogP contribution is 2.41. The normalized spacial score (nSPS) is 22.1. The van der Waals surface area contributed by atoms with Gasteiger partial charge in [-0.3, -0.25) is 4.90 Å². The second-order valence-electron chi connectivity index (χ2n) is 7.36. The molecule has 0 aromatic heterocycles. The summed E-state index contributed by atoms with van der Waals surface area (Å²) >= 11 is 6.19. The lowest BCUT2D eigenvalue weighted by Crippen LogP contribution is -2.50. The predicted molar refractivity (Wildman–Crippen MR) is 112 cm³/mol. The topological polar surface area (TPSA) is 34.2 Å². The van der Waals surface area contributed by atoms with Crippen LogP contribution in [0.25, 0.3) is 0 Å². The quantitative estimate of drug-likeness (QED) is 0.740. The van der Waals surface area contributed by atoms with Crippen molar-refractivity contribution in [2.45, 2.75) is 24.9 Å². The van der Waals surface area contributed by atoms with Crippen molar-refractivity contribution in [3.8, 4) is 17.2 Å². The molecule has 4 rings (SSSR count). The smallest absolute Gasteiger partial charge is 0.161 e. The lowest BCUT2D eigenvalue weighted by atomic mass is 10.0. The van der Waals surface area contributed by atoms with Gasteiger partial charge in [0.05, 0.1) is 26.4 Å². The van der Waals surface area contributed by atoms with Crippen molar-refractivity contribution in [1.82, 2.24) is 4.90 Å². The van der Waals surface area contributed by atoms with Crippen LogP contribution in [0.3, 0.4) is 0 Å². The number of nitrogens with zero attached hydrogens (tertiary/aromatic N) is 2. The van der Waals surface area contributed by atoms with Crippen molar-refractivity contribution in [2.75, 3.05) is 45.9 Å². The minimum absolute atomic E-state index is 0.437. The number of piperazine rings is 1. The van der Waals surface area contributed by atoms with Crippen LogP contribution in [-0.4, -0.2) is 51.9 Å². The van der Waals surface area contributed by atoms with Crippen molar-refractivity contribution in [1.29, 1.82) is 0 Å². The fraction of sp³-hybridized carbons (Fsp3) is 0.455. The van der Waals surface area contributed by atoms with Gasteiger partial charge < -0.3 is 19.1 Å². The van der Waals surface area contributed by atoms with Gasteiger partial charge in [0, 0.05) is 43.5 Å². The first-order valence-electron chi connectivity index (χ1n) is 9.70. The van der Waals surface area contributed by atoms with Gasteiger partial charge in [0.15, 0.2) is 11.5 Å². The highest BCUT2D eigenvalue weighted by molar-refractivity contribution is 6.32. The molecule has 150 valence electrons. The molecule has 28 heavy (non-hydrogen) atoms. The van der Waals surface area contributed by atoms with Gasteiger partial charge in [-0.1, -0.05) is 17.7 Å². The molecule has 2 atom stereocenters. The average Bonchev–Trinajstić information content (AvgIpc) is 3.16. The van der Waals surface area contributed by atoms with Crippen LogP contribution in [0.1, 0.15) is 24.4 Å². The number of anilines is 1. The first-order valence-corrected chi connectivity index (χ1v) is 10.1. The Morgan fingerprint density at radius 2 is 1.64 bits per heavy atom. The molecule has 2 heterocycles. The van der Waals surface area contributed by atoms with E-state index in [1.165, 1.54) is 17.7 Å². The zero-order chi connectivity index (χ0) is 19.7. The summed E-state index contributed by atoms with van der Waals surface area (Å²) in [6.45, 7) is 3.05. The molecule has 0 N–H and O–H groups in total. The van der Waals surface area contributed by atoms with Crippen molar-refractivity contribution >= 4 is 17.3 Å². The molecule has 5 nitrogen and oxygen atoms in total. The molecular weight excluding hydrogens is 376 g/mol. The minimum Gasteiger partial charge on any atom is -0.495 e. The summed E-state index contributed by atoms with van der Waals surface area (Å²) in [5, 5.41) is 0.652. The maximum atomic E-state index is 6.19. The molecule has 0 bridgehead atoms. The Hall–Kier alpha value is -2.11. The Bertz CT molecular complexity index is 845. The third-order valence-electron chi connectivity index (χ3n) is 5.99. The van der Waals surface area contributed by atoms with Crippen molar-refractivity contribution in [3.05, 3.63) is 47.0 Å². The first kappa shape index (κ1) is 19.2. The first-order chi connectivity index (χ1) is 13.6. The second kappa shape index (κ2) is 8.10. The number of benzene rings is 2. The van der Waals surface area contributed by atoms with Crippen LogP contribution in [0.4, 0.5) is 5.69 Å². The number of rotatable bonds is 5. The monoisotopic (exact) mass is 402 g/mol. The molecule has 2 fully saturated rings. The molecule has 2 aromatic carbocycles. The van der Waals surface area contributed by atoms with E-state index < -0.39 is 0 Å². The SMILES string of the molecule is COc1cc(N2CCN3[C@@H](CC[C@H]3c3ccc(OC)c(OC)c3)C2)ccc1Cl. The summed E-state index contributed by atoms with van der Waals surface area (Å²) in [6, 6.07) is 13.3. The predicted octanol–water partition coefficient (Wildman–Crippen LogP) is 4.39. The van der Waals surface area contributed by atoms with Crippen LogP contribution >= 0.6 is 11.6 Å². The molecule has 0 radical (unpaired) electrons. The summed E-state index contributed by atoms with van der Waals surface area (Å²) in [5.74, 6) is 2.31. The van der Waals surface area contributed by atoms with Gasteiger partial charge in [-0.2, -0.15) is 0 Å². The van der Waals surface area contributed by atoms with Gasteiger partial charge in [-0.15, -0.1) is 0 Å². The zero-order valence-corrected chi connectivity index (χ0v) is 17.4. The average molecular weight is 403 g/mol. The van der Waals surface area contributed by atoms with Crippen LogP contribution in [0, 0.1) is 0 Å². The standard InChI is InChI=1S/C22H27ClN2O3/c1-26-20-9-4-15(12-22(20)28-3)19-8-6-17-14-24(10-11-25(17)19)16-5-7-18(23)21(13-16)27-2/h4-5,7,9,12-13,17,19H,6,8,10-11,14H2,1-3H3/t17-,19-/m0/s1. The van der Waals surface area contributed by atoms with Crippen molar-refractivity contribution in [2.24, 2.45) is 0 Å². The third-order valence-corrected chi connectivity index (χ3v) is 6.31. The fourth-order valence-corrected chi connectivity index (χ4v) is 4.75. The molecular formula is C22H27ClN2O3. The lowest BCUT2D eigenvalue weighted by molar-refractivity contribution is 0.176. The van der Waals surface area contributed by atoms with Gasteiger partial charge in [-0.05, 0) is 42.7 Å². The number of ether oxygens (including phenoxy) is 3. The van der Waals surface area contributed by atoms with Crippen LogP contribution < -0.4 is 19.1 Å². The molecule has 0 amide bonds. The highest BCUT2D eigenvalue weighted by atomic mass is 35.5. The number of halogens is 1. The van der Waals surface area contributed by atoms with Crippen molar-refractivity contribution < 1.29 is 14.2 Å². The van der Waals surface area contributed by atoms with E-state index in [0.29, 0.717) is 17.1 Å². The molecule has 6 heteroatoms. The lowest BCUT2D eigenvalue weighted by Gasteiger charge is -2.41. The Labute approximate surface area is 171 Å². The summed E-state index contributed by atoms with van der Waals surface area (Å²) in [6.07, 6.45) is 2.36. The number of methoxy groups -OCH3 is 3. The Balaban J connectivity index is 1.50. The van der Waals surface area contributed by atoms with Gasteiger partial charge in [0.25, 0.3) is 0 Å². The maximum Gasteiger partial charge on any atom is 0.161 e. The van der Waals surface area contributed by atoms with E-state index in [-0.39, 0.29) is 0 Å². The van der Waals surface area contributed by atoms with Crippen molar-refractivity contribution in [3.63, 3.8) is 0 Å². The Kier molecular flexibility index (Phi) is 5.56. The largest absolute Gasteiger partial charge is 0.495 e. The van der Waals surface area contributed by atoms with Crippen LogP contribution in [-0.2, 0) is 0 Å². The van der Waals surface area contributed by atoms with Crippen LogP contribution in [0.5, 0.6) is 17.2 Å². The summed E-state index contributed by atoms with van der Waals surface area (Å²) < 4.78 is 16.3. The van der Waals surface area contributed by atoms with E-state index >= 15 is 0 Å². The van der Waals surface area contributed by atoms with E-state index in [1.54, 1.807) is 21.3 Å². The molecule has 2 aliphatic heterocycles. The molecule has 0 spiro atoms. The number of hydrogen-bond donors (Lipinski definition) is 0. The van der Waals surface area contributed by atoms with E-state index in [9.17, 15) is 0 Å². The van der Waals surface area contributed by atoms with E-state index in [4.69, 9.17) is 25.8 Å². The molecule has 2 aliphatic rings. The Morgan fingerprint density at radius 3 is 2.39 bits per heavy atom. The summed E-state index contributed by atoms with van der Waals surface area (Å²) in [7, 11) is 5.03. The third kappa shape index (κ3) is 3.49. The zero-order valence-electron chi connectivity index (χ0n) is 16.7. The van der Waals surface area contributed by atoms with Gasteiger partial charge in [0.1, 0.15) is 5.75 Å². The van der Waals surface area contributed by atoms with Gasteiger partial charge in [-0.25, -0.2) is 0 Å². The molecule has 2 aromatic rings. The second-order valence-corrected chi connectivity index (χ2v) is 7.77. The number of hydrogen-bond acceptors (Lipinski definition) is 5. The fourth-order valence-electron chi connectivity index (χ4n) is 4.55. The summed E-state index contributed by atoms with van der Waals surface area (Å²) in [4.78, 5) is 5.09. The molecule has 0 unspecified atom stereocenters. The highest BCUT2D eigenvalue weighted by Gasteiger charge is 2.38. The van der Waals surface area contributed by atoms with E-state index in [2.05, 4.69) is 28.0 Å². The molecule has 0 aliphatic carbocycles.